The molecule has 0 saturated heterocycles. The molecule has 0 aliphatic carbocycles. The van der Waals surface area contributed by atoms with Gasteiger partial charge < -0.3 is 5.32 Å². The van der Waals surface area contributed by atoms with Gasteiger partial charge in [-0.15, -0.1) is 0 Å². The van der Waals surface area contributed by atoms with E-state index in [9.17, 15) is 26.4 Å². The van der Waals surface area contributed by atoms with Gasteiger partial charge in [-0.05, 0) is 34.1 Å². The number of nitrogens with two attached hydrogens (primary N) is 1. The first-order valence-electron chi connectivity index (χ1n) is 5.18. The fraction of sp³-hybridized carbons (Fsp3) is 0.300. The standard InChI is InChI=1S/C10H10BrF3N2O3S/c11-7-5-6(1-2-8(7)20(15,18)19)16-9(17)3-4-10(12,13)14/h1-2,5H,3-4H2,(H,16,17)(H2,15,18,19). The average molecular weight is 375 g/mol. The molecule has 20 heavy (non-hydrogen) atoms. The Hall–Kier alpha value is -1.13. The maximum atomic E-state index is 11.9. The number of hydrogen-bond donors (Lipinski definition) is 2. The Kier molecular flexibility index (Phi) is 5.16. The zero-order valence-electron chi connectivity index (χ0n) is 9.87. The monoisotopic (exact) mass is 374 g/mol. The van der Waals surface area contributed by atoms with Gasteiger partial charge in [-0.2, -0.15) is 13.2 Å². The number of rotatable bonds is 4. The van der Waals surface area contributed by atoms with E-state index in [1.165, 1.54) is 12.1 Å². The molecule has 0 saturated carbocycles. The van der Waals surface area contributed by atoms with Crippen LogP contribution in [-0.4, -0.2) is 20.5 Å². The molecule has 0 unspecified atom stereocenters. The van der Waals surface area contributed by atoms with E-state index in [0.717, 1.165) is 6.07 Å². The quantitative estimate of drug-likeness (QED) is 0.847. The van der Waals surface area contributed by atoms with Gasteiger partial charge in [-0.1, -0.05) is 0 Å². The van der Waals surface area contributed by atoms with Crippen molar-refractivity contribution in [3.63, 3.8) is 0 Å². The number of sulfonamides is 1. The first-order chi connectivity index (χ1) is 8.99. The Morgan fingerprint density at radius 1 is 1.35 bits per heavy atom. The van der Waals surface area contributed by atoms with Gasteiger partial charge in [0.1, 0.15) is 0 Å². The van der Waals surface area contributed by atoms with Crippen LogP contribution in [0.5, 0.6) is 0 Å². The lowest BCUT2D eigenvalue weighted by atomic mass is 10.2. The Labute approximate surface area is 121 Å². The van der Waals surface area contributed by atoms with Crippen LogP contribution in [-0.2, 0) is 14.8 Å². The Morgan fingerprint density at radius 3 is 2.40 bits per heavy atom. The molecular formula is C10H10BrF3N2O3S. The number of carbonyl (C=O) groups is 1. The zero-order chi connectivity index (χ0) is 15.6. The number of carbonyl (C=O) groups excluding carboxylic acids is 1. The minimum atomic E-state index is -4.41. The summed E-state index contributed by atoms with van der Waals surface area (Å²) in [5, 5.41) is 7.16. The molecule has 1 aromatic carbocycles. The molecule has 0 aromatic heterocycles. The van der Waals surface area contributed by atoms with Gasteiger partial charge in [-0.25, -0.2) is 13.6 Å². The van der Waals surface area contributed by atoms with E-state index in [2.05, 4.69) is 21.2 Å². The third kappa shape index (κ3) is 5.47. The number of hydrogen-bond acceptors (Lipinski definition) is 3. The highest BCUT2D eigenvalue weighted by Gasteiger charge is 2.27. The second-order valence-corrected chi connectivity index (χ2v) is 6.24. The van der Waals surface area contributed by atoms with Crippen molar-refractivity contribution in [3.8, 4) is 0 Å². The van der Waals surface area contributed by atoms with Crippen molar-refractivity contribution in [2.45, 2.75) is 23.9 Å². The van der Waals surface area contributed by atoms with Crippen molar-refractivity contribution >= 4 is 37.5 Å². The summed E-state index contributed by atoms with van der Waals surface area (Å²) < 4.78 is 58.2. The van der Waals surface area contributed by atoms with Crippen molar-refractivity contribution in [1.82, 2.24) is 0 Å². The van der Waals surface area contributed by atoms with E-state index in [1.54, 1.807) is 0 Å². The highest BCUT2D eigenvalue weighted by Crippen LogP contribution is 2.25. The lowest BCUT2D eigenvalue weighted by Gasteiger charge is -2.09. The van der Waals surface area contributed by atoms with Crippen LogP contribution < -0.4 is 10.5 Å². The van der Waals surface area contributed by atoms with Crippen molar-refractivity contribution in [2.24, 2.45) is 5.14 Å². The number of alkyl halides is 3. The van der Waals surface area contributed by atoms with Crippen LogP contribution in [0.2, 0.25) is 0 Å². The summed E-state index contributed by atoms with van der Waals surface area (Å²) in [5.74, 6) is -0.822. The van der Waals surface area contributed by atoms with E-state index in [1.807, 2.05) is 0 Å². The molecule has 1 aromatic rings. The van der Waals surface area contributed by atoms with Crippen LogP contribution in [0.4, 0.5) is 18.9 Å². The van der Waals surface area contributed by atoms with Gasteiger partial charge in [0.2, 0.25) is 15.9 Å². The minimum absolute atomic E-state index is 0.105. The van der Waals surface area contributed by atoms with Gasteiger partial charge in [0.05, 0.1) is 11.3 Å². The van der Waals surface area contributed by atoms with Gasteiger partial charge >= 0.3 is 6.18 Å². The molecule has 0 bridgehead atoms. The summed E-state index contributed by atoms with van der Waals surface area (Å²) in [6.07, 6.45) is -6.34. The molecule has 10 heteroatoms. The lowest BCUT2D eigenvalue weighted by Crippen LogP contribution is -2.17. The fourth-order valence-corrected chi connectivity index (χ4v) is 2.93. The highest BCUT2D eigenvalue weighted by molar-refractivity contribution is 9.10. The third-order valence-electron chi connectivity index (χ3n) is 2.16. The molecule has 0 spiro atoms. The third-order valence-corrected chi connectivity index (χ3v) is 4.05. The number of amides is 1. The van der Waals surface area contributed by atoms with Gasteiger partial charge in [-0.3, -0.25) is 4.79 Å². The first kappa shape index (κ1) is 16.9. The van der Waals surface area contributed by atoms with Gasteiger partial charge in [0.25, 0.3) is 0 Å². The predicted molar refractivity (Wildman–Crippen MR) is 69.4 cm³/mol. The Morgan fingerprint density at radius 2 is 1.95 bits per heavy atom. The summed E-state index contributed by atoms with van der Waals surface area (Å²) in [7, 11) is -3.92. The molecule has 1 rings (SSSR count). The van der Waals surface area contributed by atoms with E-state index in [-0.39, 0.29) is 15.1 Å². The predicted octanol–water partition coefficient (Wildman–Crippen LogP) is 2.38. The first-order valence-corrected chi connectivity index (χ1v) is 7.52. The number of benzene rings is 1. The molecule has 112 valence electrons. The number of nitrogens with one attached hydrogen (secondary N) is 1. The molecule has 0 radical (unpaired) electrons. The molecule has 0 aliphatic heterocycles. The Bertz CT molecular complexity index is 617. The van der Waals surface area contributed by atoms with Gasteiger partial charge in [0, 0.05) is 16.6 Å². The normalized spacial score (nSPS) is 12.2. The Balaban J connectivity index is 2.76. The second kappa shape index (κ2) is 6.10. The largest absolute Gasteiger partial charge is 0.389 e. The molecule has 1 amide bonds. The number of primary sulfonamides is 1. The zero-order valence-corrected chi connectivity index (χ0v) is 12.3. The topological polar surface area (TPSA) is 89.3 Å². The summed E-state index contributed by atoms with van der Waals surface area (Å²) >= 11 is 2.95. The molecule has 0 fully saturated rings. The molecule has 0 aliphatic rings. The summed E-state index contributed by atoms with van der Waals surface area (Å²) in [6, 6.07) is 3.61. The van der Waals surface area contributed by atoms with Crippen molar-refractivity contribution in [3.05, 3.63) is 22.7 Å². The van der Waals surface area contributed by atoms with Crippen LogP contribution in [0.1, 0.15) is 12.8 Å². The van der Waals surface area contributed by atoms with Crippen molar-refractivity contribution in [2.75, 3.05) is 5.32 Å². The molecular weight excluding hydrogens is 365 g/mol. The summed E-state index contributed by atoms with van der Waals surface area (Å²) in [4.78, 5) is 11.1. The summed E-state index contributed by atoms with van der Waals surface area (Å²) in [5.41, 5.74) is 0.163. The summed E-state index contributed by atoms with van der Waals surface area (Å²) in [6.45, 7) is 0. The maximum Gasteiger partial charge on any atom is 0.389 e. The van der Waals surface area contributed by atoms with Crippen molar-refractivity contribution < 1.29 is 26.4 Å². The van der Waals surface area contributed by atoms with Crippen LogP contribution in [0.3, 0.4) is 0 Å². The van der Waals surface area contributed by atoms with Crippen molar-refractivity contribution in [1.29, 1.82) is 0 Å². The van der Waals surface area contributed by atoms with Crippen LogP contribution in [0, 0.1) is 0 Å². The second-order valence-electron chi connectivity index (χ2n) is 3.85. The highest BCUT2D eigenvalue weighted by atomic mass is 79.9. The minimum Gasteiger partial charge on any atom is -0.326 e. The van der Waals surface area contributed by atoms with E-state index in [4.69, 9.17) is 5.14 Å². The lowest BCUT2D eigenvalue weighted by molar-refractivity contribution is -0.142. The molecule has 3 N–H and O–H groups in total. The van der Waals surface area contributed by atoms with E-state index in [0.29, 0.717) is 0 Å². The average Bonchev–Trinajstić information content (AvgIpc) is 2.23. The molecule has 0 atom stereocenters. The number of halogens is 4. The van der Waals surface area contributed by atoms with E-state index >= 15 is 0 Å². The smallest absolute Gasteiger partial charge is 0.326 e. The molecule has 0 heterocycles. The van der Waals surface area contributed by atoms with E-state index < -0.39 is 34.9 Å². The maximum absolute atomic E-state index is 11.9. The van der Waals surface area contributed by atoms with Gasteiger partial charge in [0.15, 0.2) is 0 Å². The fourth-order valence-electron chi connectivity index (χ4n) is 1.29. The number of anilines is 1. The van der Waals surface area contributed by atoms with Crippen LogP contribution in [0.15, 0.2) is 27.6 Å². The van der Waals surface area contributed by atoms with Crippen LogP contribution in [0.25, 0.3) is 0 Å². The van der Waals surface area contributed by atoms with Crippen LogP contribution >= 0.6 is 15.9 Å². The molecule has 5 nitrogen and oxygen atoms in total. The SMILES string of the molecule is NS(=O)(=O)c1ccc(NC(=O)CCC(F)(F)F)cc1Br.